The largest absolute Gasteiger partial charge is 0.494 e. The van der Waals surface area contributed by atoms with Crippen molar-refractivity contribution in [1.29, 1.82) is 5.26 Å². The Balaban J connectivity index is 2.07. The minimum absolute atomic E-state index is 0.147. The molecule has 0 saturated carbocycles. The van der Waals surface area contributed by atoms with Crippen LogP contribution >= 0.6 is 0 Å². The van der Waals surface area contributed by atoms with Crippen molar-refractivity contribution in [2.24, 2.45) is 16.7 Å². The van der Waals surface area contributed by atoms with E-state index in [1.54, 1.807) is 38.4 Å². The second-order valence-electron chi connectivity index (χ2n) is 7.45. The summed E-state index contributed by atoms with van der Waals surface area (Å²) in [7, 11) is 4.62. The zero-order valence-electron chi connectivity index (χ0n) is 20.1. The van der Waals surface area contributed by atoms with Gasteiger partial charge in [-0.1, -0.05) is 6.07 Å². The Kier molecular flexibility index (Phi) is 8.00. The molecule has 3 rings (SSSR count). The van der Waals surface area contributed by atoms with E-state index in [0.29, 0.717) is 52.1 Å². The molecule has 0 fully saturated rings. The Morgan fingerprint density at radius 1 is 1.19 bits per heavy atom. The van der Waals surface area contributed by atoms with Gasteiger partial charge in [0.15, 0.2) is 28.9 Å². The van der Waals surface area contributed by atoms with Gasteiger partial charge in [0, 0.05) is 31.4 Å². The van der Waals surface area contributed by atoms with Crippen LogP contribution in [0.4, 0.5) is 28.8 Å². The first-order valence-electron chi connectivity index (χ1n) is 10.5. The number of hydrogen-bond donors (Lipinski definition) is 5. The second kappa shape index (κ2) is 11.3. The summed E-state index contributed by atoms with van der Waals surface area (Å²) in [6.07, 6.45) is 3.42. The van der Waals surface area contributed by atoms with Crippen molar-refractivity contribution in [3.05, 3.63) is 53.5 Å². The molecule has 0 saturated heterocycles. The molecule has 7 N–H and O–H groups in total. The molecule has 1 aromatic carbocycles. The number of hydrogen-bond acceptors (Lipinski definition) is 12. The first kappa shape index (κ1) is 25.5. The second-order valence-corrected chi connectivity index (χ2v) is 7.45. The average Bonchev–Trinajstić information content (AvgIpc) is 2.86. The first-order chi connectivity index (χ1) is 17.2. The summed E-state index contributed by atoms with van der Waals surface area (Å²) in [5, 5.41) is 21.8. The van der Waals surface area contributed by atoms with Crippen LogP contribution in [0.5, 0.6) is 5.75 Å². The van der Waals surface area contributed by atoms with Crippen LogP contribution in [0.2, 0.25) is 0 Å². The number of hydrazone groups is 1. The summed E-state index contributed by atoms with van der Waals surface area (Å²) in [6.45, 7) is 1.83. The maximum Gasteiger partial charge on any atom is 0.227 e. The number of ether oxygens (including phenoxy) is 1. The molecule has 14 heteroatoms. The molecule has 36 heavy (non-hydrogen) atoms. The van der Waals surface area contributed by atoms with Crippen LogP contribution in [0.25, 0.3) is 0 Å². The number of para-hydroxylation sites is 1. The zero-order valence-corrected chi connectivity index (χ0v) is 20.1. The van der Waals surface area contributed by atoms with Gasteiger partial charge in [0.1, 0.15) is 11.9 Å². The van der Waals surface area contributed by atoms with Crippen LogP contribution in [-0.2, 0) is 4.79 Å². The smallest absolute Gasteiger partial charge is 0.227 e. The van der Waals surface area contributed by atoms with E-state index in [2.05, 4.69) is 36.1 Å². The molecule has 2 aromatic heterocycles. The van der Waals surface area contributed by atoms with Crippen molar-refractivity contribution < 1.29 is 9.53 Å². The Labute approximate surface area is 207 Å². The number of pyridine rings is 1. The van der Waals surface area contributed by atoms with E-state index in [0.717, 1.165) is 5.12 Å². The van der Waals surface area contributed by atoms with E-state index in [4.69, 9.17) is 21.6 Å². The van der Waals surface area contributed by atoms with Gasteiger partial charge >= 0.3 is 0 Å². The summed E-state index contributed by atoms with van der Waals surface area (Å²) in [6, 6.07) is 9.03. The van der Waals surface area contributed by atoms with E-state index in [1.165, 1.54) is 24.5 Å². The molecule has 0 aliphatic carbocycles. The number of benzene rings is 1. The third kappa shape index (κ3) is 6.04. The van der Waals surface area contributed by atoms with Crippen molar-refractivity contribution in [3.8, 4) is 11.8 Å². The molecule has 0 radical (unpaired) electrons. The summed E-state index contributed by atoms with van der Waals surface area (Å²) < 4.78 is 5.62. The van der Waals surface area contributed by atoms with Gasteiger partial charge in [-0.3, -0.25) is 20.2 Å². The molecular weight excluding hydrogens is 464 g/mol. The number of nitrogens with two attached hydrogens (primary N) is 2. The fraction of sp³-hybridized carbons (Fsp3) is 0.182. The zero-order chi connectivity index (χ0) is 26.2. The molecule has 1 amide bonds. The van der Waals surface area contributed by atoms with Crippen molar-refractivity contribution in [1.82, 2.24) is 25.1 Å². The van der Waals surface area contributed by atoms with E-state index >= 15 is 0 Å². The number of hydrazine groups is 2. The lowest BCUT2D eigenvalue weighted by Gasteiger charge is -2.21. The number of anilines is 5. The third-order valence-electron chi connectivity index (χ3n) is 4.75. The van der Waals surface area contributed by atoms with Gasteiger partial charge in [-0.2, -0.15) is 5.26 Å². The van der Waals surface area contributed by atoms with Crippen molar-refractivity contribution in [2.75, 3.05) is 37.3 Å². The minimum atomic E-state index is 0.147. The summed E-state index contributed by atoms with van der Waals surface area (Å²) in [5.74, 6) is 7.29. The average molecular weight is 491 g/mol. The lowest BCUT2D eigenvalue weighted by molar-refractivity contribution is -0.115. The van der Waals surface area contributed by atoms with Crippen LogP contribution in [0.3, 0.4) is 0 Å². The SMILES string of the molecule is COc1c(Nc2cc(Nc3cncc(C#N)n3)nc(NN(C)C=O)c2C)cccc1/C(N)=N/N(C)N. The number of amidine groups is 1. The number of aromatic nitrogens is 3. The van der Waals surface area contributed by atoms with Gasteiger partial charge in [-0.05, 0) is 19.1 Å². The first-order valence-corrected chi connectivity index (χ1v) is 10.5. The number of nitrogens with one attached hydrogen (secondary N) is 3. The molecule has 0 bridgehead atoms. The van der Waals surface area contributed by atoms with E-state index in [-0.39, 0.29) is 11.5 Å². The maximum atomic E-state index is 11.2. The van der Waals surface area contributed by atoms with Gasteiger partial charge in [-0.25, -0.2) is 20.9 Å². The van der Waals surface area contributed by atoms with Crippen molar-refractivity contribution in [3.63, 3.8) is 0 Å². The third-order valence-corrected chi connectivity index (χ3v) is 4.75. The number of carbonyl (C=O) groups is 1. The minimum Gasteiger partial charge on any atom is -0.494 e. The highest BCUT2D eigenvalue weighted by molar-refractivity contribution is 6.01. The fourth-order valence-electron chi connectivity index (χ4n) is 3.14. The molecule has 0 aliphatic heterocycles. The molecular formula is C22H26N12O2. The molecule has 14 nitrogen and oxygen atoms in total. The quantitative estimate of drug-likeness (QED) is 0.0901. The normalized spacial score (nSPS) is 10.7. The topological polar surface area (TPSA) is 196 Å². The highest BCUT2D eigenvalue weighted by Crippen LogP contribution is 2.35. The molecule has 0 atom stereocenters. The van der Waals surface area contributed by atoms with Crippen LogP contribution < -0.4 is 32.4 Å². The molecule has 0 unspecified atom stereocenters. The van der Waals surface area contributed by atoms with Crippen LogP contribution in [-0.4, -0.2) is 58.5 Å². The van der Waals surface area contributed by atoms with E-state index < -0.39 is 0 Å². The van der Waals surface area contributed by atoms with Crippen molar-refractivity contribution in [2.45, 2.75) is 6.92 Å². The maximum absolute atomic E-state index is 11.2. The molecule has 186 valence electrons. The lowest BCUT2D eigenvalue weighted by Crippen LogP contribution is -2.26. The predicted octanol–water partition coefficient (Wildman–Crippen LogP) is 1.39. The van der Waals surface area contributed by atoms with E-state index in [9.17, 15) is 4.79 Å². The van der Waals surface area contributed by atoms with E-state index in [1.807, 2.05) is 13.0 Å². The number of rotatable bonds is 10. The number of nitriles is 1. The summed E-state index contributed by atoms with van der Waals surface area (Å²) in [4.78, 5) is 23.9. The van der Waals surface area contributed by atoms with Crippen LogP contribution in [0.1, 0.15) is 16.8 Å². The Morgan fingerprint density at radius 2 is 1.97 bits per heavy atom. The Hall–Kier alpha value is -5.16. The van der Waals surface area contributed by atoms with Gasteiger partial charge in [0.2, 0.25) is 6.41 Å². The van der Waals surface area contributed by atoms with Crippen LogP contribution in [0, 0.1) is 18.3 Å². The molecule has 3 aromatic rings. The molecule has 2 heterocycles. The van der Waals surface area contributed by atoms with Gasteiger partial charge in [0.25, 0.3) is 0 Å². The Morgan fingerprint density at radius 3 is 2.64 bits per heavy atom. The van der Waals surface area contributed by atoms with Crippen molar-refractivity contribution >= 4 is 41.1 Å². The number of methoxy groups -OCH3 is 1. The number of carbonyl (C=O) groups excluding carboxylic acids is 1. The molecule has 0 spiro atoms. The molecule has 0 aliphatic rings. The predicted molar refractivity (Wildman–Crippen MR) is 135 cm³/mol. The highest BCUT2D eigenvalue weighted by Gasteiger charge is 2.16. The summed E-state index contributed by atoms with van der Waals surface area (Å²) >= 11 is 0. The highest BCUT2D eigenvalue weighted by atomic mass is 16.5. The lowest BCUT2D eigenvalue weighted by atomic mass is 10.1. The summed E-state index contributed by atoms with van der Waals surface area (Å²) in [5.41, 5.74) is 11.6. The fourth-order valence-corrected chi connectivity index (χ4v) is 3.14. The van der Waals surface area contributed by atoms with Gasteiger partial charge in [0.05, 0.1) is 30.8 Å². The van der Waals surface area contributed by atoms with Gasteiger partial charge < -0.3 is 21.1 Å². The number of amides is 1. The number of nitrogens with zero attached hydrogens (tertiary/aromatic N) is 7. The standard InChI is InChI=1S/C22H26N12O2/c1-13-17(28-16-7-5-6-15(20(16)36-4)21(24)31-34(3)25)8-18(30-22(13)32-33(2)12-35)29-19-11-26-10-14(9-23)27-19/h5-8,10-12H,25H2,1-4H3,(H2,24,31)(H3,27,28,29,30,32). The monoisotopic (exact) mass is 490 g/mol. The van der Waals surface area contributed by atoms with Gasteiger partial charge in [-0.15, -0.1) is 5.10 Å². The Bertz CT molecular complexity index is 1320. The van der Waals surface area contributed by atoms with Crippen LogP contribution in [0.15, 0.2) is 41.8 Å².